The third-order valence-corrected chi connectivity index (χ3v) is 7.91. The van der Waals surface area contributed by atoms with Crippen LogP contribution in [0.25, 0.3) is 0 Å². The zero-order chi connectivity index (χ0) is 32.2. The average molecular weight is 621 g/mol. The summed E-state index contributed by atoms with van der Waals surface area (Å²) in [6.45, 7) is 3.37. The molecule has 1 aliphatic carbocycles. The third kappa shape index (κ3) is 5.52. The molecule has 238 valence electrons. The molecule has 2 heterocycles. The van der Waals surface area contributed by atoms with Crippen molar-refractivity contribution in [1.82, 2.24) is 0 Å². The largest absolute Gasteiger partial charge is 0.508 e. The molecule has 0 bridgehead atoms. The van der Waals surface area contributed by atoms with E-state index in [-0.39, 0.29) is 39.3 Å². The van der Waals surface area contributed by atoms with Gasteiger partial charge in [0.2, 0.25) is 6.29 Å². The first-order valence-electron chi connectivity index (χ1n) is 13.7. The number of fused-ring (bicyclic) bond motifs is 2. The first-order valence-corrected chi connectivity index (χ1v) is 13.7. The zero-order valence-corrected chi connectivity index (χ0v) is 23.7. The van der Waals surface area contributed by atoms with Gasteiger partial charge in [0.25, 0.3) is 0 Å². The fraction of sp³-hybridized carbons (Fsp3) is 0.483. The number of aromatic hydroxyl groups is 2. The van der Waals surface area contributed by atoms with Crippen LogP contribution < -0.4 is 4.74 Å². The number of ether oxygens (including phenoxy) is 5. The van der Waals surface area contributed by atoms with Gasteiger partial charge >= 0.3 is 5.97 Å². The summed E-state index contributed by atoms with van der Waals surface area (Å²) in [6, 6.07) is 4.77. The van der Waals surface area contributed by atoms with E-state index in [9.17, 15) is 50.1 Å². The highest BCUT2D eigenvalue weighted by Crippen LogP contribution is 2.41. The van der Waals surface area contributed by atoms with Crippen LogP contribution in [0.1, 0.15) is 51.3 Å². The molecule has 0 aromatic heterocycles. The molecule has 2 aliphatic heterocycles. The zero-order valence-electron chi connectivity index (χ0n) is 23.7. The van der Waals surface area contributed by atoms with E-state index in [1.807, 2.05) is 0 Å². The summed E-state index contributed by atoms with van der Waals surface area (Å²) in [5.74, 6) is -3.15. The van der Waals surface area contributed by atoms with E-state index in [4.69, 9.17) is 23.7 Å². The lowest BCUT2D eigenvalue weighted by atomic mass is 9.82. The van der Waals surface area contributed by atoms with Crippen molar-refractivity contribution in [2.75, 3.05) is 6.61 Å². The smallest absolute Gasteiger partial charge is 0.302 e. The fourth-order valence-corrected chi connectivity index (χ4v) is 5.36. The molecule has 2 fully saturated rings. The second kappa shape index (κ2) is 12.0. The van der Waals surface area contributed by atoms with Gasteiger partial charge in [-0.1, -0.05) is 0 Å². The van der Waals surface area contributed by atoms with Crippen LogP contribution in [-0.2, 0) is 23.7 Å². The van der Waals surface area contributed by atoms with Crippen molar-refractivity contribution in [2.45, 2.75) is 82.2 Å². The Hall–Kier alpha value is -3.67. The van der Waals surface area contributed by atoms with Gasteiger partial charge in [0, 0.05) is 29.2 Å². The number of phenolic OH excluding ortho intramolecular Hbond substituents is 2. The molecule has 0 amide bonds. The first kappa shape index (κ1) is 31.7. The van der Waals surface area contributed by atoms with Crippen molar-refractivity contribution >= 4 is 17.5 Å². The topological polar surface area (TPSA) is 239 Å². The van der Waals surface area contributed by atoms with E-state index in [0.29, 0.717) is 0 Å². The second-order valence-corrected chi connectivity index (χ2v) is 10.9. The van der Waals surface area contributed by atoms with E-state index in [2.05, 4.69) is 0 Å². The van der Waals surface area contributed by atoms with Gasteiger partial charge in [-0.2, -0.15) is 0 Å². The van der Waals surface area contributed by atoms with Crippen molar-refractivity contribution in [3.8, 4) is 17.2 Å². The van der Waals surface area contributed by atoms with Gasteiger partial charge in [0.15, 0.2) is 24.0 Å². The molecule has 15 nitrogen and oxygen atoms in total. The summed E-state index contributed by atoms with van der Waals surface area (Å²) in [5.41, 5.74) is -0.698. The molecule has 7 N–H and O–H groups in total. The Balaban J connectivity index is 1.51. The number of aliphatic hydroxyl groups excluding tert-OH is 5. The summed E-state index contributed by atoms with van der Waals surface area (Å²) < 4.78 is 27.9. The molecule has 10 atom stereocenters. The Kier molecular flexibility index (Phi) is 8.67. The number of carbonyl (C=O) groups excluding carboxylic acids is 3. The molecule has 5 rings (SSSR count). The first-order chi connectivity index (χ1) is 20.7. The standard InChI is InChI=1S/C29H32O15/c1-9-16(7-15-18(19(9)32)22(35)13-5-4-12(31)6-14(13)21(15)34)42-29-27(25(38)23(36)17(43-29)8-40-11(3)30)44-28-26(39)24(37)20(33)10(2)41-28/h4-7,10,17,20,23-29,31-33,36-39H,8H2,1-3H3/t10-,17-,20-,23-,24+,25+,26+,27-,28+,29-/m1/s1. The molecular formula is C29H32O15. The SMILES string of the molecule is CC(=O)OC[C@H]1O[C@@H](Oc2cc3c(c(O)c2C)C(=O)c2ccc(O)cc2C3=O)[C@H](O[C@@H]2O[C@H](C)[C@@H](O)[C@H](O)[C@@H]2O)[C@@H](O)[C@@H]1O. The number of phenols is 2. The van der Waals surface area contributed by atoms with E-state index in [0.717, 1.165) is 19.1 Å². The van der Waals surface area contributed by atoms with Crippen molar-refractivity contribution < 1.29 is 73.8 Å². The lowest BCUT2D eigenvalue weighted by molar-refractivity contribution is -0.354. The lowest BCUT2D eigenvalue weighted by Crippen LogP contribution is -2.64. The molecule has 0 radical (unpaired) electrons. The number of benzene rings is 2. The predicted molar refractivity (Wildman–Crippen MR) is 143 cm³/mol. The maximum absolute atomic E-state index is 13.4. The minimum absolute atomic E-state index is 0.0206. The Labute approximate surface area is 249 Å². The normalized spacial score (nSPS) is 33.4. The lowest BCUT2D eigenvalue weighted by Gasteiger charge is -2.45. The van der Waals surface area contributed by atoms with Crippen molar-refractivity contribution in [3.05, 3.63) is 52.1 Å². The molecule has 0 spiro atoms. The predicted octanol–water partition coefficient (Wildman–Crippen LogP) is -1.22. The number of hydrogen-bond donors (Lipinski definition) is 7. The summed E-state index contributed by atoms with van der Waals surface area (Å²) in [4.78, 5) is 38.0. The van der Waals surface area contributed by atoms with Crippen LogP contribution in [0, 0.1) is 6.92 Å². The molecule has 15 heteroatoms. The molecule has 3 aliphatic rings. The molecular weight excluding hydrogens is 588 g/mol. The van der Waals surface area contributed by atoms with E-state index < -0.39 is 91.3 Å². The van der Waals surface area contributed by atoms with Crippen molar-refractivity contribution in [1.29, 1.82) is 0 Å². The minimum Gasteiger partial charge on any atom is -0.508 e. The number of rotatable bonds is 6. The molecule has 2 aromatic carbocycles. The fourth-order valence-electron chi connectivity index (χ4n) is 5.36. The van der Waals surface area contributed by atoms with Crippen LogP contribution in [0.3, 0.4) is 0 Å². The maximum Gasteiger partial charge on any atom is 0.302 e. The van der Waals surface area contributed by atoms with E-state index >= 15 is 0 Å². The van der Waals surface area contributed by atoms with Gasteiger partial charge in [0.05, 0.1) is 11.7 Å². The highest BCUT2D eigenvalue weighted by Gasteiger charge is 2.51. The van der Waals surface area contributed by atoms with Gasteiger partial charge in [0.1, 0.15) is 60.5 Å². The molecule has 2 aromatic rings. The Morgan fingerprint density at radius 3 is 2.23 bits per heavy atom. The van der Waals surface area contributed by atoms with Gasteiger partial charge in [-0.25, -0.2) is 0 Å². The van der Waals surface area contributed by atoms with Crippen LogP contribution in [0.15, 0.2) is 24.3 Å². The van der Waals surface area contributed by atoms with Gasteiger partial charge in [-0.15, -0.1) is 0 Å². The molecule has 44 heavy (non-hydrogen) atoms. The van der Waals surface area contributed by atoms with E-state index in [1.54, 1.807) is 0 Å². The number of hydrogen-bond acceptors (Lipinski definition) is 15. The monoisotopic (exact) mass is 620 g/mol. The average Bonchev–Trinajstić information content (AvgIpc) is 2.98. The summed E-state index contributed by atoms with van der Waals surface area (Å²) in [5, 5.41) is 73.5. The summed E-state index contributed by atoms with van der Waals surface area (Å²) in [7, 11) is 0. The highest BCUT2D eigenvalue weighted by molar-refractivity contribution is 6.29. The highest BCUT2D eigenvalue weighted by atomic mass is 16.8. The van der Waals surface area contributed by atoms with Crippen LogP contribution in [0.2, 0.25) is 0 Å². The Morgan fingerprint density at radius 2 is 1.55 bits per heavy atom. The molecule has 0 saturated carbocycles. The van der Waals surface area contributed by atoms with E-state index in [1.165, 1.54) is 26.0 Å². The molecule has 2 saturated heterocycles. The maximum atomic E-state index is 13.4. The van der Waals surface area contributed by atoms with Crippen LogP contribution in [0.5, 0.6) is 17.2 Å². The minimum atomic E-state index is -1.84. The number of carbonyl (C=O) groups is 3. The van der Waals surface area contributed by atoms with Gasteiger partial charge < -0.3 is 59.4 Å². The van der Waals surface area contributed by atoms with Crippen LogP contribution in [-0.4, -0.2) is 121 Å². The number of ketones is 2. The Bertz CT molecular complexity index is 1470. The second-order valence-electron chi connectivity index (χ2n) is 10.9. The van der Waals surface area contributed by atoms with Crippen molar-refractivity contribution in [2.24, 2.45) is 0 Å². The number of aliphatic hydroxyl groups is 5. The van der Waals surface area contributed by atoms with Crippen LogP contribution >= 0.6 is 0 Å². The number of esters is 1. The molecule has 0 unspecified atom stereocenters. The van der Waals surface area contributed by atoms with Crippen LogP contribution in [0.4, 0.5) is 0 Å². The van der Waals surface area contributed by atoms with Crippen molar-refractivity contribution in [3.63, 3.8) is 0 Å². The Morgan fingerprint density at radius 1 is 0.841 bits per heavy atom. The third-order valence-electron chi connectivity index (χ3n) is 7.91. The summed E-state index contributed by atoms with van der Waals surface area (Å²) >= 11 is 0. The quantitative estimate of drug-likeness (QED) is 0.160. The van der Waals surface area contributed by atoms with Gasteiger partial charge in [-0.05, 0) is 38.1 Å². The summed E-state index contributed by atoms with van der Waals surface area (Å²) in [6.07, 6.45) is -16.0. The van der Waals surface area contributed by atoms with Gasteiger partial charge in [-0.3, -0.25) is 14.4 Å².